The summed E-state index contributed by atoms with van der Waals surface area (Å²) in [5.74, 6) is -0.0974. The van der Waals surface area contributed by atoms with Gasteiger partial charge in [0.1, 0.15) is 5.82 Å². The number of aryl methyl sites for hydroxylation is 2. The van der Waals surface area contributed by atoms with Crippen LogP contribution < -0.4 is 5.73 Å². The number of pyridine rings is 1. The summed E-state index contributed by atoms with van der Waals surface area (Å²) in [7, 11) is 0. The maximum atomic E-state index is 10.7. The Balaban J connectivity index is 2.53. The van der Waals surface area contributed by atoms with Gasteiger partial charge in [-0.15, -0.1) is 0 Å². The van der Waals surface area contributed by atoms with Crippen molar-refractivity contribution >= 4 is 11.5 Å². The fraction of sp³-hybridized carbons (Fsp3) is 0.333. The number of carboxylic acids is 1. The van der Waals surface area contributed by atoms with Gasteiger partial charge in [-0.2, -0.15) is 0 Å². The first kappa shape index (κ1) is 11.6. The van der Waals surface area contributed by atoms with Crippen LogP contribution in [-0.4, -0.2) is 20.5 Å². The lowest BCUT2D eigenvalue weighted by atomic mass is 10.1. The van der Waals surface area contributed by atoms with Gasteiger partial charge in [-0.05, 0) is 31.5 Å². The second-order valence-electron chi connectivity index (χ2n) is 4.21. The van der Waals surface area contributed by atoms with E-state index in [1.165, 1.54) is 0 Å². The van der Waals surface area contributed by atoms with Crippen LogP contribution in [0.2, 0.25) is 0 Å². The van der Waals surface area contributed by atoms with Crippen molar-refractivity contribution in [3.05, 3.63) is 35.4 Å². The molecule has 0 bridgehead atoms. The maximum Gasteiger partial charge on any atom is 0.305 e. The molecule has 5 nitrogen and oxygen atoms in total. The topological polar surface area (TPSA) is 80.6 Å². The van der Waals surface area contributed by atoms with Crippen LogP contribution in [0.5, 0.6) is 0 Å². The molecule has 0 aromatic carbocycles. The molecule has 0 aliphatic heterocycles. The number of carbonyl (C=O) groups is 1. The molecule has 17 heavy (non-hydrogen) atoms. The maximum absolute atomic E-state index is 10.7. The molecule has 0 saturated heterocycles. The van der Waals surface area contributed by atoms with Crippen LogP contribution in [0.15, 0.2) is 18.3 Å². The van der Waals surface area contributed by atoms with Crippen molar-refractivity contribution in [2.45, 2.75) is 26.3 Å². The van der Waals surface area contributed by atoms with E-state index in [0.29, 0.717) is 5.69 Å². The molecule has 0 amide bonds. The molecule has 2 rings (SSSR count). The monoisotopic (exact) mass is 233 g/mol. The SMILES string of the molecule is Cc1ccn2c(C)nc(C(N)CC(=O)O)c2c1. The second kappa shape index (κ2) is 4.18. The van der Waals surface area contributed by atoms with E-state index in [1.807, 2.05) is 36.6 Å². The number of nitrogens with two attached hydrogens (primary N) is 1. The molecule has 0 radical (unpaired) electrons. The Labute approximate surface area is 98.9 Å². The average Bonchev–Trinajstić information content (AvgIpc) is 2.54. The number of hydrogen-bond donors (Lipinski definition) is 2. The zero-order chi connectivity index (χ0) is 12.6. The first-order chi connectivity index (χ1) is 7.99. The highest BCUT2D eigenvalue weighted by Crippen LogP contribution is 2.21. The lowest BCUT2D eigenvalue weighted by Gasteiger charge is -2.06. The molecule has 90 valence electrons. The van der Waals surface area contributed by atoms with Gasteiger partial charge in [0.2, 0.25) is 0 Å². The average molecular weight is 233 g/mol. The first-order valence-corrected chi connectivity index (χ1v) is 5.41. The van der Waals surface area contributed by atoms with Gasteiger partial charge in [0.15, 0.2) is 0 Å². The van der Waals surface area contributed by atoms with Crippen LogP contribution in [-0.2, 0) is 4.79 Å². The minimum atomic E-state index is -0.913. The number of imidazole rings is 1. The highest BCUT2D eigenvalue weighted by molar-refractivity contribution is 5.69. The zero-order valence-corrected chi connectivity index (χ0v) is 9.84. The smallest absolute Gasteiger partial charge is 0.305 e. The van der Waals surface area contributed by atoms with Gasteiger partial charge in [0.25, 0.3) is 0 Å². The Morgan fingerprint density at radius 3 is 2.94 bits per heavy atom. The van der Waals surface area contributed by atoms with Gasteiger partial charge >= 0.3 is 5.97 Å². The predicted octanol–water partition coefficient (Wildman–Crippen LogP) is 1.43. The molecule has 0 fully saturated rings. The third-order valence-electron chi connectivity index (χ3n) is 2.75. The van der Waals surface area contributed by atoms with Crippen molar-refractivity contribution in [1.82, 2.24) is 9.38 Å². The molecule has 0 aliphatic carbocycles. The van der Waals surface area contributed by atoms with Crippen LogP contribution in [0.4, 0.5) is 0 Å². The molecular weight excluding hydrogens is 218 g/mol. The molecule has 1 atom stereocenters. The molecule has 2 heterocycles. The third-order valence-corrected chi connectivity index (χ3v) is 2.75. The number of nitrogens with zero attached hydrogens (tertiary/aromatic N) is 2. The largest absolute Gasteiger partial charge is 0.481 e. The third kappa shape index (κ3) is 2.14. The van der Waals surface area contributed by atoms with Crippen LogP contribution >= 0.6 is 0 Å². The van der Waals surface area contributed by atoms with Gasteiger partial charge in [-0.1, -0.05) is 0 Å². The van der Waals surface area contributed by atoms with Gasteiger partial charge in [-0.25, -0.2) is 4.98 Å². The van der Waals surface area contributed by atoms with E-state index in [1.54, 1.807) is 0 Å². The summed E-state index contributed by atoms with van der Waals surface area (Å²) in [6, 6.07) is 3.38. The predicted molar refractivity (Wildman–Crippen MR) is 63.8 cm³/mol. The van der Waals surface area contributed by atoms with Gasteiger partial charge < -0.3 is 15.2 Å². The van der Waals surface area contributed by atoms with Gasteiger partial charge in [0, 0.05) is 6.20 Å². The first-order valence-electron chi connectivity index (χ1n) is 5.41. The Bertz CT molecular complexity index is 574. The molecular formula is C12H15N3O2. The van der Waals surface area contributed by atoms with Crippen molar-refractivity contribution < 1.29 is 9.90 Å². The quantitative estimate of drug-likeness (QED) is 0.840. The fourth-order valence-corrected chi connectivity index (χ4v) is 1.93. The standard InChI is InChI=1S/C12H15N3O2/c1-7-3-4-15-8(2)14-12(10(15)5-7)9(13)6-11(16)17/h3-5,9H,6,13H2,1-2H3,(H,16,17). The summed E-state index contributed by atoms with van der Waals surface area (Å²) in [4.78, 5) is 15.0. The number of fused-ring (bicyclic) bond motifs is 1. The fourth-order valence-electron chi connectivity index (χ4n) is 1.93. The molecule has 3 N–H and O–H groups in total. The lowest BCUT2D eigenvalue weighted by molar-refractivity contribution is -0.137. The minimum Gasteiger partial charge on any atom is -0.481 e. The van der Waals surface area contributed by atoms with Crippen LogP contribution in [0, 0.1) is 13.8 Å². The van der Waals surface area contributed by atoms with E-state index >= 15 is 0 Å². The summed E-state index contributed by atoms with van der Waals surface area (Å²) in [6.07, 6.45) is 1.81. The van der Waals surface area contributed by atoms with Crippen molar-refractivity contribution in [2.24, 2.45) is 5.73 Å². The zero-order valence-electron chi connectivity index (χ0n) is 9.84. The Morgan fingerprint density at radius 2 is 2.29 bits per heavy atom. The highest BCUT2D eigenvalue weighted by Gasteiger charge is 2.17. The number of aliphatic carboxylic acids is 1. The molecule has 5 heteroatoms. The summed E-state index contributed by atoms with van der Waals surface area (Å²) < 4.78 is 1.92. The van der Waals surface area contributed by atoms with E-state index in [9.17, 15) is 4.79 Å². The van der Waals surface area contributed by atoms with Gasteiger partial charge in [-0.3, -0.25) is 4.79 Å². The molecule has 1 unspecified atom stereocenters. The second-order valence-corrected chi connectivity index (χ2v) is 4.21. The van der Waals surface area contributed by atoms with E-state index < -0.39 is 12.0 Å². The van der Waals surface area contributed by atoms with E-state index in [0.717, 1.165) is 16.9 Å². The van der Waals surface area contributed by atoms with Gasteiger partial charge in [0.05, 0.1) is 23.7 Å². The highest BCUT2D eigenvalue weighted by atomic mass is 16.4. The summed E-state index contributed by atoms with van der Waals surface area (Å²) in [5.41, 5.74) is 8.50. The minimum absolute atomic E-state index is 0.111. The van der Waals surface area contributed by atoms with Crippen molar-refractivity contribution in [1.29, 1.82) is 0 Å². The number of hydrogen-bond acceptors (Lipinski definition) is 3. The summed E-state index contributed by atoms with van der Waals surface area (Å²) in [5, 5.41) is 8.76. The van der Waals surface area contributed by atoms with Crippen LogP contribution in [0.25, 0.3) is 5.52 Å². The van der Waals surface area contributed by atoms with Crippen LogP contribution in [0.3, 0.4) is 0 Å². The van der Waals surface area contributed by atoms with Crippen molar-refractivity contribution in [2.75, 3.05) is 0 Å². The van der Waals surface area contributed by atoms with Crippen LogP contribution in [0.1, 0.15) is 29.5 Å². The molecule has 0 spiro atoms. The number of aromatic nitrogens is 2. The van der Waals surface area contributed by atoms with Crippen molar-refractivity contribution in [3.63, 3.8) is 0 Å². The number of rotatable bonds is 3. The van der Waals surface area contributed by atoms with Crippen molar-refractivity contribution in [3.8, 4) is 0 Å². The lowest BCUT2D eigenvalue weighted by Crippen LogP contribution is -2.15. The van der Waals surface area contributed by atoms with E-state index in [-0.39, 0.29) is 6.42 Å². The molecule has 0 saturated carbocycles. The van der Waals surface area contributed by atoms with E-state index in [2.05, 4.69) is 4.98 Å². The normalized spacial score (nSPS) is 12.9. The Kier molecular flexibility index (Phi) is 2.85. The summed E-state index contributed by atoms with van der Waals surface area (Å²) in [6.45, 7) is 3.86. The molecule has 2 aromatic heterocycles. The molecule has 0 aliphatic rings. The molecule has 2 aromatic rings. The Morgan fingerprint density at radius 1 is 1.59 bits per heavy atom. The number of carboxylic acid groups (broad SMARTS) is 1. The summed E-state index contributed by atoms with van der Waals surface area (Å²) >= 11 is 0. The Hall–Kier alpha value is -1.88. The van der Waals surface area contributed by atoms with E-state index in [4.69, 9.17) is 10.8 Å².